The maximum Gasteiger partial charge on any atom is 0.306 e. The third-order valence-corrected chi connectivity index (χ3v) is 9.46. The van der Waals surface area contributed by atoms with Gasteiger partial charge in [0.1, 0.15) is 6.10 Å². The van der Waals surface area contributed by atoms with Crippen LogP contribution in [0.15, 0.2) is 11.6 Å². The largest absolute Gasteiger partial charge is 0.481 e. The summed E-state index contributed by atoms with van der Waals surface area (Å²) in [6.07, 6.45) is 11.3. The van der Waals surface area contributed by atoms with Crippen molar-refractivity contribution in [1.29, 1.82) is 0 Å². The van der Waals surface area contributed by atoms with E-state index in [0.29, 0.717) is 23.7 Å². The third-order valence-electron chi connectivity index (χ3n) is 9.46. The first-order valence-corrected chi connectivity index (χ1v) is 11.3. The summed E-state index contributed by atoms with van der Waals surface area (Å²) >= 11 is 0. The Morgan fingerprint density at radius 3 is 2.57 bits per heavy atom. The number of esters is 1. The lowest BCUT2D eigenvalue weighted by atomic mass is 9.47. The van der Waals surface area contributed by atoms with Crippen LogP contribution in [0.25, 0.3) is 0 Å². The molecule has 4 rings (SSSR count). The van der Waals surface area contributed by atoms with Crippen LogP contribution in [-0.4, -0.2) is 23.1 Å². The van der Waals surface area contributed by atoms with E-state index >= 15 is 0 Å². The van der Waals surface area contributed by atoms with Crippen molar-refractivity contribution in [2.75, 3.05) is 0 Å². The fourth-order valence-electron chi connectivity index (χ4n) is 8.00. The molecule has 0 aromatic carbocycles. The van der Waals surface area contributed by atoms with Crippen molar-refractivity contribution in [3.63, 3.8) is 0 Å². The van der Waals surface area contributed by atoms with Crippen LogP contribution in [-0.2, 0) is 14.3 Å². The second-order valence-electron chi connectivity index (χ2n) is 10.6. The van der Waals surface area contributed by atoms with E-state index in [9.17, 15) is 14.7 Å². The molecule has 0 amide bonds. The Hall–Kier alpha value is -1.32. The maximum atomic E-state index is 11.7. The standard InChI is InChI=1S/C24H36O4/c1-14(22(26)27)19-7-8-20-18-6-5-16-13-17(28-15(2)25)9-11-23(16,3)21(18)10-12-24(19,20)4/h5,14,17-21H,6-13H2,1-4H3,(H,26,27)/t14-,17-,18-,19+,20-,21-,23-,24+/m0/s1. The Morgan fingerprint density at radius 2 is 1.89 bits per heavy atom. The highest BCUT2D eigenvalue weighted by Crippen LogP contribution is 2.67. The van der Waals surface area contributed by atoms with E-state index in [2.05, 4.69) is 19.9 Å². The van der Waals surface area contributed by atoms with Gasteiger partial charge in [0.25, 0.3) is 0 Å². The van der Waals surface area contributed by atoms with E-state index in [0.717, 1.165) is 38.5 Å². The topological polar surface area (TPSA) is 63.6 Å². The molecule has 8 atom stereocenters. The molecule has 0 aliphatic heterocycles. The van der Waals surface area contributed by atoms with Crippen LogP contribution in [0.4, 0.5) is 0 Å². The second kappa shape index (κ2) is 6.88. The Balaban J connectivity index is 1.57. The number of allylic oxidation sites excluding steroid dienone is 1. The second-order valence-corrected chi connectivity index (χ2v) is 10.6. The summed E-state index contributed by atoms with van der Waals surface area (Å²) in [7, 11) is 0. The van der Waals surface area contributed by atoms with Gasteiger partial charge in [0.05, 0.1) is 5.92 Å². The quantitative estimate of drug-likeness (QED) is 0.532. The Kier molecular flexibility index (Phi) is 4.91. The van der Waals surface area contributed by atoms with Crippen molar-refractivity contribution in [3.05, 3.63) is 11.6 Å². The van der Waals surface area contributed by atoms with Gasteiger partial charge in [-0.05, 0) is 79.4 Å². The zero-order chi connectivity index (χ0) is 20.3. The smallest absolute Gasteiger partial charge is 0.306 e. The summed E-state index contributed by atoms with van der Waals surface area (Å²) < 4.78 is 5.53. The maximum absolute atomic E-state index is 11.7. The molecule has 0 radical (unpaired) electrons. The van der Waals surface area contributed by atoms with Gasteiger partial charge in [-0.3, -0.25) is 9.59 Å². The van der Waals surface area contributed by atoms with Gasteiger partial charge in [-0.25, -0.2) is 0 Å². The minimum absolute atomic E-state index is 0.0505. The number of ether oxygens (including phenoxy) is 1. The zero-order valence-electron chi connectivity index (χ0n) is 17.9. The normalized spacial score (nSPS) is 45.9. The summed E-state index contributed by atoms with van der Waals surface area (Å²) in [4.78, 5) is 23.1. The number of hydrogen-bond donors (Lipinski definition) is 1. The van der Waals surface area contributed by atoms with Gasteiger partial charge < -0.3 is 9.84 Å². The molecule has 3 saturated carbocycles. The minimum Gasteiger partial charge on any atom is -0.481 e. The minimum atomic E-state index is -0.629. The van der Waals surface area contributed by atoms with Crippen molar-refractivity contribution in [1.82, 2.24) is 0 Å². The molecule has 156 valence electrons. The average Bonchev–Trinajstić information content (AvgIpc) is 2.98. The van der Waals surface area contributed by atoms with Crippen LogP contribution in [0.3, 0.4) is 0 Å². The summed E-state index contributed by atoms with van der Waals surface area (Å²) in [6.45, 7) is 8.28. The van der Waals surface area contributed by atoms with Gasteiger partial charge in [0, 0.05) is 13.3 Å². The molecule has 4 heteroatoms. The van der Waals surface area contributed by atoms with Crippen molar-refractivity contribution in [3.8, 4) is 0 Å². The highest BCUT2D eigenvalue weighted by Gasteiger charge is 2.59. The van der Waals surface area contributed by atoms with E-state index in [1.807, 2.05) is 6.92 Å². The fourth-order valence-corrected chi connectivity index (χ4v) is 8.00. The molecule has 0 unspecified atom stereocenters. The molecule has 0 aromatic heterocycles. The van der Waals surface area contributed by atoms with Crippen LogP contribution in [0.2, 0.25) is 0 Å². The number of fused-ring (bicyclic) bond motifs is 5. The number of carbonyl (C=O) groups is 2. The van der Waals surface area contributed by atoms with Crippen molar-refractivity contribution >= 4 is 11.9 Å². The molecular formula is C24H36O4. The van der Waals surface area contributed by atoms with Gasteiger partial charge in [-0.2, -0.15) is 0 Å². The SMILES string of the molecule is CC(=O)O[C@H]1CC[C@@]2(C)C(=CC[C@H]3[C@@H]4CC[C@H]([C@H](C)C(=O)O)[C@@]4(C)CC[C@@H]32)C1. The molecular weight excluding hydrogens is 352 g/mol. The number of aliphatic carboxylic acids is 1. The van der Waals surface area contributed by atoms with E-state index in [1.165, 1.54) is 25.3 Å². The van der Waals surface area contributed by atoms with E-state index < -0.39 is 5.97 Å². The molecule has 0 saturated heterocycles. The van der Waals surface area contributed by atoms with Crippen LogP contribution in [0.5, 0.6) is 0 Å². The summed E-state index contributed by atoms with van der Waals surface area (Å²) in [5, 5.41) is 9.62. The molecule has 0 aromatic rings. The lowest BCUT2D eigenvalue weighted by Gasteiger charge is -2.58. The highest BCUT2D eigenvalue weighted by atomic mass is 16.5. The first kappa shape index (κ1) is 20.0. The predicted octanol–water partition coefficient (Wildman–Crippen LogP) is 5.22. The molecule has 0 heterocycles. The lowest BCUT2D eigenvalue weighted by Crippen LogP contribution is -2.51. The fraction of sp³-hybridized carbons (Fsp3) is 0.833. The predicted molar refractivity (Wildman–Crippen MR) is 108 cm³/mol. The lowest BCUT2D eigenvalue weighted by molar-refractivity contribution is -0.148. The van der Waals surface area contributed by atoms with Gasteiger partial charge >= 0.3 is 11.9 Å². The van der Waals surface area contributed by atoms with Gasteiger partial charge in [0.2, 0.25) is 0 Å². The number of rotatable bonds is 3. The summed E-state index contributed by atoms with van der Waals surface area (Å²) in [5.74, 6) is 1.31. The Labute approximate surface area is 169 Å². The molecule has 4 nitrogen and oxygen atoms in total. The molecule has 0 bridgehead atoms. The monoisotopic (exact) mass is 388 g/mol. The molecule has 4 aliphatic carbocycles. The Bertz CT molecular complexity index is 697. The Morgan fingerprint density at radius 1 is 1.14 bits per heavy atom. The van der Waals surface area contributed by atoms with E-state index in [-0.39, 0.29) is 28.8 Å². The van der Waals surface area contributed by atoms with E-state index in [1.54, 1.807) is 0 Å². The molecule has 0 spiro atoms. The average molecular weight is 389 g/mol. The van der Waals surface area contributed by atoms with Gasteiger partial charge in [-0.15, -0.1) is 0 Å². The van der Waals surface area contributed by atoms with Crippen LogP contribution in [0.1, 0.15) is 79.1 Å². The van der Waals surface area contributed by atoms with Crippen LogP contribution < -0.4 is 0 Å². The number of carboxylic acid groups (broad SMARTS) is 1. The highest BCUT2D eigenvalue weighted by molar-refractivity contribution is 5.70. The van der Waals surface area contributed by atoms with Gasteiger partial charge in [0.15, 0.2) is 0 Å². The van der Waals surface area contributed by atoms with Crippen molar-refractivity contribution < 1.29 is 19.4 Å². The summed E-state index contributed by atoms with van der Waals surface area (Å²) in [6, 6.07) is 0. The number of carboxylic acids is 1. The molecule has 3 fully saturated rings. The first-order valence-electron chi connectivity index (χ1n) is 11.3. The van der Waals surface area contributed by atoms with Crippen molar-refractivity contribution in [2.45, 2.75) is 85.2 Å². The third kappa shape index (κ3) is 2.93. The van der Waals surface area contributed by atoms with E-state index in [4.69, 9.17) is 4.74 Å². The number of carbonyl (C=O) groups excluding carboxylic acids is 1. The molecule has 4 aliphatic rings. The zero-order valence-corrected chi connectivity index (χ0v) is 17.9. The van der Waals surface area contributed by atoms with Gasteiger partial charge in [-0.1, -0.05) is 32.4 Å². The van der Waals surface area contributed by atoms with Crippen molar-refractivity contribution in [2.24, 2.45) is 40.4 Å². The molecule has 1 N–H and O–H groups in total. The first-order chi connectivity index (χ1) is 13.2. The summed E-state index contributed by atoms with van der Waals surface area (Å²) in [5.41, 5.74) is 1.93. The molecule has 28 heavy (non-hydrogen) atoms. The van der Waals surface area contributed by atoms with Crippen LogP contribution >= 0.6 is 0 Å². The number of hydrogen-bond acceptors (Lipinski definition) is 3. The van der Waals surface area contributed by atoms with Crippen LogP contribution in [0, 0.1) is 40.4 Å².